The fraction of sp³-hybridized carbons (Fsp3) is 0.368. The molecule has 1 aliphatic heterocycles. The average Bonchev–Trinajstić information content (AvgIpc) is 3.01. The van der Waals surface area contributed by atoms with E-state index in [2.05, 4.69) is 0 Å². The average molecular weight is 438 g/mol. The molecule has 1 fully saturated rings. The number of pyridine rings is 1. The number of ether oxygens (including phenoxy) is 4. The highest BCUT2D eigenvalue weighted by molar-refractivity contribution is 5.90. The zero-order valence-corrected chi connectivity index (χ0v) is 16.5. The maximum Gasteiger partial charge on any atom is 0.341 e. The number of carbonyl (C=O) groups excluding carboxylic acids is 3. The second-order valence-electron chi connectivity index (χ2n) is 6.36. The molecule has 0 spiro atoms. The Morgan fingerprint density at radius 1 is 1.06 bits per heavy atom. The van der Waals surface area contributed by atoms with Gasteiger partial charge in [0.1, 0.15) is 18.3 Å². The van der Waals surface area contributed by atoms with Gasteiger partial charge >= 0.3 is 36.1 Å². The van der Waals surface area contributed by atoms with Crippen LogP contribution in [0.15, 0.2) is 36.7 Å². The molecule has 0 amide bonds. The van der Waals surface area contributed by atoms with E-state index in [4.69, 9.17) is 24.1 Å². The molecule has 2 heterocycles. The fourth-order valence-corrected chi connectivity index (χ4v) is 2.86. The van der Waals surface area contributed by atoms with E-state index in [1.54, 1.807) is 0 Å². The van der Waals surface area contributed by atoms with Crippen molar-refractivity contribution >= 4 is 29.8 Å². The van der Waals surface area contributed by atoms with Gasteiger partial charge in [-0.2, -0.15) is 4.57 Å². The van der Waals surface area contributed by atoms with Crippen molar-refractivity contribution in [2.75, 3.05) is 6.61 Å². The molecule has 1 saturated heterocycles. The van der Waals surface area contributed by atoms with Crippen LogP contribution in [0, 0.1) is 0 Å². The van der Waals surface area contributed by atoms with Gasteiger partial charge in [-0.15, -0.1) is 0 Å². The van der Waals surface area contributed by atoms with Crippen LogP contribution >= 0.6 is 0 Å². The molecule has 2 rings (SSSR count). The van der Waals surface area contributed by atoms with Gasteiger partial charge in [-0.25, -0.2) is 14.4 Å². The third-order valence-electron chi connectivity index (χ3n) is 4.00. The molecule has 2 N–H and O–H groups in total. The summed E-state index contributed by atoms with van der Waals surface area (Å²) in [7, 11) is 0. The van der Waals surface area contributed by atoms with E-state index in [-0.39, 0.29) is 5.56 Å². The zero-order chi connectivity index (χ0) is 23.1. The molecule has 0 unspecified atom stereocenters. The number of esters is 3. The number of hydrogen-bond acceptors (Lipinski definition) is 9. The number of aromatic nitrogens is 1. The smallest absolute Gasteiger partial charge is 0.341 e. The van der Waals surface area contributed by atoms with Crippen LogP contribution in [-0.2, 0) is 38.1 Å². The highest BCUT2D eigenvalue weighted by Crippen LogP contribution is 2.31. The number of hydrogen-bond donors (Lipinski definition) is 2. The minimum Gasteiger partial charge on any atom is -0.478 e. The lowest BCUT2D eigenvalue weighted by Gasteiger charge is -2.21. The second-order valence-corrected chi connectivity index (χ2v) is 6.36. The van der Waals surface area contributed by atoms with E-state index in [9.17, 15) is 29.1 Å². The van der Waals surface area contributed by atoms with Crippen molar-refractivity contribution in [3.05, 3.63) is 42.2 Å². The highest BCUT2D eigenvalue weighted by atomic mass is 16.7. The summed E-state index contributed by atoms with van der Waals surface area (Å²) in [5.41, 5.74) is -0.0783. The molecule has 12 nitrogen and oxygen atoms in total. The molecular formula is C19H20NO11+. The minimum absolute atomic E-state index is 0.0783. The van der Waals surface area contributed by atoms with Crippen molar-refractivity contribution in [2.24, 2.45) is 0 Å². The Balaban J connectivity index is 2.32. The molecule has 12 heteroatoms. The molecule has 1 aromatic rings. The molecule has 4 atom stereocenters. The third kappa shape index (κ3) is 6.60. The molecule has 0 bridgehead atoms. The van der Waals surface area contributed by atoms with Crippen LogP contribution in [0.2, 0.25) is 0 Å². The van der Waals surface area contributed by atoms with E-state index < -0.39 is 61.0 Å². The van der Waals surface area contributed by atoms with Crippen LogP contribution in [-0.4, -0.2) is 65.0 Å². The molecule has 0 saturated carbocycles. The van der Waals surface area contributed by atoms with Crippen molar-refractivity contribution in [2.45, 2.75) is 38.4 Å². The first-order valence-corrected chi connectivity index (χ1v) is 8.90. The van der Waals surface area contributed by atoms with Gasteiger partial charge in [-0.1, -0.05) is 0 Å². The lowest BCUT2D eigenvalue weighted by Crippen LogP contribution is -2.48. The van der Waals surface area contributed by atoms with E-state index >= 15 is 0 Å². The Labute approximate surface area is 175 Å². The van der Waals surface area contributed by atoms with Crippen LogP contribution in [0.3, 0.4) is 0 Å². The zero-order valence-electron chi connectivity index (χ0n) is 16.5. The lowest BCUT2D eigenvalue weighted by molar-refractivity contribution is -0.765. The Morgan fingerprint density at radius 3 is 2.29 bits per heavy atom. The molecule has 0 aromatic carbocycles. The van der Waals surface area contributed by atoms with E-state index in [1.807, 2.05) is 0 Å². The van der Waals surface area contributed by atoms with Crippen LogP contribution in [0.5, 0.6) is 0 Å². The van der Waals surface area contributed by atoms with Gasteiger partial charge < -0.3 is 29.2 Å². The first-order valence-electron chi connectivity index (χ1n) is 8.90. The number of rotatable bonds is 8. The molecule has 1 aliphatic rings. The van der Waals surface area contributed by atoms with Crippen molar-refractivity contribution in [3.63, 3.8) is 0 Å². The summed E-state index contributed by atoms with van der Waals surface area (Å²) < 4.78 is 22.5. The van der Waals surface area contributed by atoms with E-state index in [0.717, 1.165) is 13.8 Å². The number of carbonyl (C=O) groups is 5. The monoisotopic (exact) mass is 438 g/mol. The van der Waals surface area contributed by atoms with E-state index in [1.165, 1.54) is 29.1 Å². The van der Waals surface area contributed by atoms with Gasteiger partial charge in [-0.05, 0) is 6.07 Å². The quantitative estimate of drug-likeness (QED) is 0.235. The molecule has 0 aliphatic carbocycles. The molecular weight excluding hydrogens is 418 g/mol. The second kappa shape index (κ2) is 10.3. The first kappa shape index (κ1) is 23.5. The van der Waals surface area contributed by atoms with Gasteiger partial charge in [0.15, 0.2) is 18.5 Å². The van der Waals surface area contributed by atoms with Gasteiger partial charge in [0, 0.05) is 32.1 Å². The molecule has 1 aromatic heterocycles. The predicted octanol–water partition coefficient (Wildman–Crippen LogP) is -0.383. The summed E-state index contributed by atoms with van der Waals surface area (Å²) in [4.78, 5) is 56.7. The Kier molecular flexibility index (Phi) is 7.80. The summed E-state index contributed by atoms with van der Waals surface area (Å²) in [6.45, 7) is 1.79. The Hall–Kier alpha value is -3.80. The molecule has 166 valence electrons. The predicted molar refractivity (Wildman–Crippen MR) is 96.3 cm³/mol. The van der Waals surface area contributed by atoms with Gasteiger partial charge in [-0.3, -0.25) is 9.59 Å². The summed E-state index contributed by atoms with van der Waals surface area (Å²) in [5.74, 6) is -4.98. The van der Waals surface area contributed by atoms with Crippen LogP contribution in [0.4, 0.5) is 0 Å². The normalized spacial score (nSPS) is 22.6. The Bertz CT molecular complexity index is 910. The standard InChI is InChI=1S/C19H19NO11/c1-10(21)29-16-13(9-28-15(25)6-5-14(23)24)31-18(17(16)30-11(2)22)20-7-3-4-12(8-20)19(26)27/h3-8,13,16-18H,9H2,1-2H3,(H-,23,24,26,27)/p+1/b6-5+/t13-,16-,17-,18-/m1/s1. The van der Waals surface area contributed by atoms with Crippen LogP contribution < -0.4 is 4.57 Å². The SMILES string of the molecule is CC(=O)O[C@@H]1[C@H](OC(C)=O)[C@@H](COC(=O)/C=C/C(=O)O)O[C@H]1[n+]1cccc(C(=O)O)c1. The maximum absolute atomic E-state index is 11.7. The first-order chi connectivity index (χ1) is 14.6. The van der Waals surface area contributed by atoms with E-state index in [0.29, 0.717) is 12.2 Å². The summed E-state index contributed by atoms with van der Waals surface area (Å²) >= 11 is 0. The summed E-state index contributed by atoms with van der Waals surface area (Å²) in [5, 5.41) is 17.8. The van der Waals surface area contributed by atoms with Crippen LogP contribution in [0.25, 0.3) is 0 Å². The summed E-state index contributed by atoms with van der Waals surface area (Å²) in [6, 6.07) is 2.77. The number of carboxylic acids is 2. The van der Waals surface area contributed by atoms with Gasteiger partial charge in [0.05, 0.1) is 0 Å². The van der Waals surface area contributed by atoms with Crippen molar-refractivity contribution in [1.29, 1.82) is 0 Å². The third-order valence-corrected chi connectivity index (χ3v) is 4.00. The molecule has 0 radical (unpaired) electrons. The number of aliphatic carboxylic acids is 1. The Morgan fingerprint density at radius 2 is 1.71 bits per heavy atom. The lowest BCUT2D eigenvalue weighted by atomic mass is 10.1. The van der Waals surface area contributed by atoms with Gasteiger partial charge in [0.2, 0.25) is 6.10 Å². The number of nitrogens with zero attached hydrogens (tertiary/aromatic N) is 1. The maximum atomic E-state index is 11.7. The van der Waals surface area contributed by atoms with Crippen molar-refractivity contribution in [3.8, 4) is 0 Å². The number of carboxylic acid groups (broad SMARTS) is 2. The largest absolute Gasteiger partial charge is 0.478 e. The highest BCUT2D eigenvalue weighted by Gasteiger charge is 2.54. The fourth-order valence-electron chi connectivity index (χ4n) is 2.86. The topological polar surface area (TPSA) is 167 Å². The van der Waals surface area contributed by atoms with Crippen LogP contribution in [0.1, 0.15) is 30.4 Å². The summed E-state index contributed by atoms with van der Waals surface area (Å²) in [6.07, 6.45) is -0.617. The van der Waals surface area contributed by atoms with Crippen molar-refractivity contribution < 1.29 is 57.7 Å². The molecule has 31 heavy (non-hydrogen) atoms. The number of aromatic carboxylic acids is 1. The minimum atomic E-state index is -1.35. The van der Waals surface area contributed by atoms with Crippen molar-refractivity contribution in [1.82, 2.24) is 0 Å². The van der Waals surface area contributed by atoms with Gasteiger partial charge in [0.25, 0.3) is 0 Å².